The molecule has 0 amide bonds. The Morgan fingerprint density at radius 1 is 1.26 bits per heavy atom. The molecule has 0 aliphatic carbocycles. The van der Waals surface area contributed by atoms with Crippen molar-refractivity contribution in [2.45, 2.75) is 67.0 Å². The molecule has 0 atom stereocenters. The number of hydrogen-bond donors (Lipinski definition) is 1. The highest BCUT2D eigenvalue weighted by Crippen LogP contribution is 2.30. The van der Waals surface area contributed by atoms with E-state index in [1.165, 1.54) is 0 Å². The smallest absolute Gasteiger partial charge is 0.278 e. The Balaban J connectivity index is 0.000000970. The Kier molecular flexibility index (Phi) is 10.4. The largest absolute Gasteiger partial charge is 0.332 e. The van der Waals surface area contributed by atoms with Gasteiger partial charge in [-0.15, -0.1) is 10.2 Å². The number of allylic oxidation sites excluding steroid dienone is 5. The van der Waals surface area contributed by atoms with Crippen molar-refractivity contribution in [3.8, 4) is 11.6 Å². The quantitative estimate of drug-likeness (QED) is 0.479. The summed E-state index contributed by atoms with van der Waals surface area (Å²) in [4.78, 5) is 9.13. The minimum absolute atomic E-state index is 0.164. The van der Waals surface area contributed by atoms with E-state index in [0.717, 1.165) is 23.0 Å². The molecule has 9 nitrogen and oxygen atoms in total. The van der Waals surface area contributed by atoms with E-state index >= 15 is 0 Å². The summed E-state index contributed by atoms with van der Waals surface area (Å²) in [6, 6.07) is 0. The zero-order chi connectivity index (χ0) is 25.3. The molecule has 34 heavy (non-hydrogen) atoms. The average Bonchev–Trinajstić information content (AvgIpc) is 3.57. The molecule has 0 aromatic carbocycles. The summed E-state index contributed by atoms with van der Waals surface area (Å²) in [5.74, 6) is 2.92. The molecule has 1 N–H and O–H groups in total. The molecule has 184 valence electrons. The van der Waals surface area contributed by atoms with Crippen LogP contribution >= 0.6 is 11.6 Å². The fourth-order valence-electron chi connectivity index (χ4n) is 3.27. The van der Waals surface area contributed by atoms with Crippen LogP contribution in [0.25, 0.3) is 17.3 Å². The number of halogens is 1. The Morgan fingerprint density at radius 2 is 2.00 bits per heavy atom. The topological polar surface area (TPSA) is 99.5 Å². The predicted molar refractivity (Wildman–Crippen MR) is 136 cm³/mol. The van der Waals surface area contributed by atoms with E-state index in [1.807, 2.05) is 59.2 Å². The van der Waals surface area contributed by atoms with E-state index in [-0.39, 0.29) is 5.92 Å². The lowest BCUT2D eigenvalue weighted by atomic mass is 10.2. The van der Waals surface area contributed by atoms with E-state index in [4.69, 9.17) is 16.1 Å². The summed E-state index contributed by atoms with van der Waals surface area (Å²) in [6.45, 7) is 16.9. The van der Waals surface area contributed by atoms with Crippen molar-refractivity contribution in [3.05, 3.63) is 59.3 Å². The SMILES string of the molecule is C=C/C(Cl)=C\C=C1/Cc2nnc(CNC)n2Cc2c(-c3nc(C(C)C)no3)ncn21.CC.CC. The molecule has 0 bridgehead atoms. The van der Waals surface area contributed by atoms with Gasteiger partial charge in [-0.25, -0.2) is 4.98 Å². The van der Waals surface area contributed by atoms with E-state index in [9.17, 15) is 0 Å². The first-order valence-electron chi connectivity index (χ1n) is 11.7. The first kappa shape index (κ1) is 27.2. The lowest BCUT2D eigenvalue weighted by Crippen LogP contribution is -2.14. The molecule has 0 unspecified atom stereocenters. The van der Waals surface area contributed by atoms with Gasteiger partial charge in [0.2, 0.25) is 0 Å². The van der Waals surface area contributed by atoms with Crippen LogP contribution in [0.4, 0.5) is 0 Å². The maximum atomic E-state index is 6.13. The highest BCUT2D eigenvalue weighted by atomic mass is 35.5. The van der Waals surface area contributed by atoms with Crippen LogP contribution in [0, 0.1) is 0 Å². The fraction of sp³-hybridized carbons (Fsp3) is 0.458. The monoisotopic (exact) mass is 486 g/mol. The van der Waals surface area contributed by atoms with Crippen LogP contribution in [0.5, 0.6) is 0 Å². The third-order valence-electron chi connectivity index (χ3n) is 4.85. The highest BCUT2D eigenvalue weighted by molar-refractivity contribution is 6.31. The van der Waals surface area contributed by atoms with Crippen LogP contribution in [-0.4, -0.2) is 41.5 Å². The number of imidazole rings is 1. The van der Waals surface area contributed by atoms with Crippen LogP contribution in [0.2, 0.25) is 0 Å². The summed E-state index contributed by atoms with van der Waals surface area (Å²) in [5.41, 5.74) is 2.52. The third-order valence-corrected chi connectivity index (χ3v) is 5.13. The highest BCUT2D eigenvalue weighted by Gasteiger charge is 2.27. The minimum atomic E-state index is 0.164. The second-order valence-electron chi connectivity index (χ2n) is 7.26. The van der Waals surface area contributed by atoms with Gasteiger partial charge in [0.15, 0.2) is 11.5 Å². The molecule has 10 heteroatoms. The maximum absolute atomic E-state index is 6.13. The van der Waals surface area contributed by atoms with Crippen LogP contribution in [0.15, 0.2) is 40.7 Å². The first-order valence-corrected chi connectivity index (χ1v) is 12.0. The molecule has 1 aliphatic rings. The van der Waals surface area contributed by atoms with E-state index in [1.54, 1.807) is 18.5 Å². The maximum Gasteiger partial charge on any atom is 0.278 e. The van der Waals surface area contributed by atoms with Crippen molar-refractivity contribution < 1.29 is 4.52 Å². The Labute approximate surface area is 206 Å². The molecule has 0 saturated heterocycles. The molecular weight excluding hydrogens is 452 g/mol. The van der Waals surface area contributed by atoms with Crippen LogP contribution in [-0.2, 0) is 19.5 Å². The van der Waals surface area contributed by atoms with Gasteiger partial charge in [-0.1, -0.05) is 71.0 Å². The van der Waals surface area contributed by atoms with E-state index in [0.29, 0.717) is 42.0 Å². The van der Waals surface area contributed by atoms with Gasteiger partial charge in [-0.3, -0.25) is 0 Å². The molecule has 0 fully saturated rings. The predicted octanol–water partition coefficient (Wildman–Crippen LogP) is 5.17. The summed E-state index contributed by atoms with van der Waals surface area (Å²) < 4.78 is 9.63. The second-order valence-corrected chi connectivity index (χ2v) is 7.70. The number of rotatable bonds is 6. The van der Waals surface area contributed by atoms with Gasteiger partial charge < -0.3 is 19.0 Å². The van der Waals surface area contributed by atoms with Crippen molar-refractivity contribution in [1.82, 2.24) is 39.8 Å². The summed E-state index contributed by atoms with van der Waals surface area (Å²) in [7, 11) is 1.88. The molecule has 0 radical (unpaired) electrons. The molecule has 4 rings (SSSR count). The molecule has 0 saturated carbocycles. The normalized spacial score (nSPS) is 13.9. The van der Waals surface area contributed by atoms with Gasteiger partial charge in [-0.05, 0) is 19.2 Å². The van der Waals surface area contributed by atoms with E-state index < -0.39 is 0 Å². The fourth-order valence-corrected chi connectivity index (χ4v) is 3.33. The standard InChI is InChI=1S/C20H23ClN8O.2C2H6/c1-5-13(21)6-7-14-8-16-25-26-17(9-22-4)28(16)10-15-18(23-11-29(14)15)20-24-19(12(2)3)27-30-20;2*1-2/h5-7,11-12,22H,1,8-10H2,2-4H3;2*1-2H3/b13-6+,14-7+;;. The number of nitrogens with one attached hydrogen (secondary N) is 1. The number of fused-ring (bicyclic) bond motifs is 2. The number of nitrogens with zero attached hydrogens (tertiary/aromatic N) is 7. The van der Waals surface area contributed by atoms with Crippen molar-refractivity contribution in [1.29, 1.82) is 0 Å². The zero-order valence-electron chi connectivity index (χ0n) is 21.1. The van der Waals surface area contributed by atoms with Crippen molar-refractivity contribution in [3.63, 3.8) is 0 Å². The number of hydrogen-bond acceptors (Lipinski definition) is 7. The van der Waals surface area contributed by atoms with E-state index in [2.05, 4.69) is 41.8 Å². The van der Waals surface area contributed by atoms with Crippen LogP contribution in [0.1, 0.15) is 70.6 Å². The first-order chi connectivity index (χ1) is 16.5. The molecular formula is C24H35ClN8O. The third kappa shape index (κ3) is 5.90. The van der Waals surface area contributed by atoms with Gasteiger partial charge >= 0.3 is 0 Å². The lowest BCUT2D eigenvalue weighted by Gasteiger charge is -2.08. The van der Waals surface area contributed by atoms with Gasteiger partial charge in [-0.2, -0.15) is 4.98 Å². The van der Waals surface area contributed by atoms with Gasteiger partial charge in [0.25, 0.3) is 5.89 Å². The van der Waals surface area contributed by atoms with Crippen LogP contribution < -0.4 is 5.32 Å². The summed E-state index contributed by atoms with van der Waals surface area (Å²) >= 11 is 6.13. The van der Waals surface area contributed by atoms with Crippen LogP contribution in [0.3, 0.4) is 0 Å². The Hall–Kier alpha value is -3.04. The van der Waals surface area contributed by atoms with Gasteiger partial charge in [0, 0.05) is 23.1 Å². The summed E-state index contributed by atoms with van der Waals surface area (Å²) in [6.07, 6.45) is 7.67. The zero-order valence-corrected chi connectivity index (χ0v) is 21.9. The summed E-state index contributed by atoms with van der Waals surface area (Å²) in [5, 5.41) is 16.5. The number of aromatic nitrogens is 7. The molecule has 3 aromatic rings. The minimum Gasteiger partial charge on any atom is -0.332 e. The Bertz CT molecular complexity index is 1140. The van der Waals surface area contributed by atoms with Crippen molar-refractivity contribution >= 4 is 17.3 Å². The van der Waals surface area contributed by atoms with Gasteiger partial charge in [0.05, 0.1) is 18.8 Å². The van der Waals surface area contributed by atoms with Gasteiger partial charge in [0.1, 0.15) is 18.0 Å². The van der Waals surface area contributed by atoms with Crippen molar-refractivity contribution in [2.24, 2.45) is 0 Å². The molecule has 1 aliphatic heterocycles. The molecule has 0 spiro atoms. The molecule has 4 heterocycles. The Morgan fingerprint density at radius 3 is 2.62 bits per heavy atom. The molecule has 3 aromatic heterocycles. The lowest BCUT2D eigenvalue weighted by molar-refractivity contribution is 0.417. The van der Waals surface area contributed by atoms with Crippen molar-refractivity contribution in [2.75, 3.05) is 7.05 Å². The second kappa shape index (κ2) is 13.0. The average molecular weight is 487 g/mol.